The summed E-state index contributed by atoms with van der Waals surface area (Å²) in [6, 6.07) is 3.23. The zero-order chi connectivity index (χ0) is 10.9. The highest BCUT2D eigenvalue weighted by molar-refractivity contribution is 5.25. The fraction of sp³-hybridized carbons (Fsp3) is 0.455. The molecule has 2 rings (SSSR count). The lowest BCUT2D eigenvalue weighted by molar-refractivity contribution is 0.121. The van der Waals surface area contributed by atoms with Crippen LogP contribution in [0.1, 0.15) is 18.4 Å². The Bertz CT molecular complexity index is 359. The quantitative estimate of drug-likeness (QED) is 0.759. The number of piperidine rings is 1. The zero-order valence-electron chi connectivity index (χ0n) is 8.19. The molecule has 0 saturated carbocycles. The van der Waals surface area contributed by atoms with Crippen molar-refractivity contribution in [3.63, 3.8) is 0 Å². The molecule has 1 N–H and O–H groups in total. The Morgan fingerprint density at radius 3 is 2.60 bits per heavy atom. The van der Waals surface area contributed by atoms with Gasteiger partial charge in [0.2, 0.25) is 0 Å². The van der Waals surface area contributed by atoms with Crippen molar-refractivity contribution >= 4 is 0 Å². The van der Waals surface area contributed by atoms with Crippen LogP contribution < -0.4 is 5.32 Å². The van der Waals surface area contributed by atoms with Gasteiger partial charge in [0, 0.05) is 6.54 Å². The minimum absolute atomic E-state index is 0.165. The summed E-state index contributed by atoms with van der Waals surface area (Å²) in [5, 5.41) is 2.92. The summed E-state index contributed by atoms with van der Waals surface area (Å²) in [4.78, 5) is 0. The van der Waals surface area contributed by atoms with Gasteiger partial charge in [0.25, 0.3) is 0 Å². The van der Waals surface area contributed by atoms with Gasteiger partial charge in [0.05, 0.1) is 0 Å². The van der Waals surface area contributed by atoms with Crippen LogP contribution in [0.3, 0.4) is 0 Å². The summed E-state index contributed by atoms with van der Waals surface area (Å²) >= 11 is 0. The van der Waals surface area contributed by atoms with Gasteiger partial charge in [0.1, 0.15) is 5.67 Å². The van der Waals surface area contributed by atoms with Crippen molar-refractivity contribution in [2.24, 2.45) is 0 Å². The lowest BCUT2D eigenvalue weighted by Crippen LogP contribution is -2.40. The van der Waals surface area contributed by atoms with Gasteiger partial charge in [-0.3, -0.25) is 0 Å². The van der Waals surface area contributed by atoms with E-state index in [1.54, 1.807) is 0 Å². The van der Waals surface area contributed by atoms with Crippen LogP contribution in [0.5, 0.6) is 0 Å². The smallest absolute Gasteiger partial charge is 0.159 e. The molecule has 1 saturated heterocycles. The summed E-state index contributed by atoms with van der Waals surface area (Å²) in [6.45, 7) is 0.938. The molecule has 0 radical (unpaired) electrons. The van der Waals surface area contributed by atoms with E-state index in [0.717, 1.165) is 18.7 Å². The van der Waals surface area contributed by atoms with Gasteiger partial charge in [-0.25, -0.2) is 13.2 Å². The third-order valence-corrected chi connectivity index (χ3v) is 2.77. The van der Waals surface area contributed by atoms with Gasteiger partial charge in [0.15, 0.2) is 11.6 Å². The summed E-state index contributed by atoms with van der Waals surface area (Å²) in [5.41, 5.74) is -1.35. The Hall–Kier alpha value is -1.03. The van der Waals surface area contributed by atoms with Crippen molar-refractivity contribution in [2.75, 3.05) is 13.1 Å². The number of nitrogens with one attached hydrogen (secondary N) is 1. The van der Waals surface area contributed by atoms with Gasteiger partial charge >= 0.3 is 0 Å². The second-order valence-corrected chi connectivity index (χ2v) is 3.87. The summed E-state index contributed by atoms with van der Waals surface area (Å²) in [7, 11) is 0. The van der Waals surface area contributed by atoms with E-state index in [0.29, 0.717) is 12.8 Å². The average molecular weight is 215 g/mol. The van der Waals surface area contributed by atoms with Crippen LogP contribution >= 0.6 is 0 Å². The Morgan fingerprint density at radius 2 is 2.00 bits per heavy atom. The molecular formula is C11H12F3N. The molecule has 0 spiro atoms. The maximum Gasteiger partial charge on any atom is 0.159 e. The predicted octanol–water partition coefficient (Wildman–Crippen LogP) is 2.51. The molecule has 1 fully saturated rings. The maximum atomic E-state index is 14.3. The molecule has 0 aliphatic carbocycles. The minimum atomic E-state index is -1.56. The van der Waals surface area contributed by atoms with Crippen LogP contribution in [0, 0.1) is 11.6 Å². The molecule has 1 heterocycles. The molecule has 1 aliphatic heterocycles. The largest absolute Gasteiger partial charge is 0.313 e. The van der Waals surface area contributed by atoms with E-state index < -0.39 is 17.3 Å². The third-order valence-electron chi connectivity index (χ3n) is 2.77. The maximum absolute atomic E-state index is 14.3. The normalized spacial score (nSPS) is 26.6. The van der Waals surface area contributed by atoms with Crippen molar-refractivity contribution in [1.29, 1.82) is 0 Å². The molecule has 1 aromatic carbocycles. The monoisotopic (exact) mass is 215 g/mol. The van der Waals surface area contributed by atoms with Gasteiger partial charge in [-0.1, -0.05) is 6.07 Å². The molecule has 4 heteroatoms. The van der Waals surface area contributed by atoms with E-state index in [1.165, 1.54) is 6.07 Å². The van der Waals surface area contributed by atoms with Gasteiger partial charge in [-0.2, -0.15) is 0 Å². The van der Waals surface area contributed by atoms with Crippen LogP contribution in [0.2, 0.25) is 0 Å². The first-order valence-corrected chi connectivity index (χ1v) is 4.97. The molecule has 82 valence electrons. The van der Waals surface area contributed by atoms with Crippen LogP contribution in [0.4, 0.5) is 13.2 Å². The second kappa shape index (κ2) is 3.85. The number of halogens is 3. The van der Waals surface area contributed by atoms with E-state index in [4.69, 9.17) is 0 Å². The molecule has 0 amide bonds. The molecule has 1 aliphatic rings. The minimum Gasteiger partial charge on any atom is -0.313 e. The Morgan fingerprint density at radius 1 is 1.20 bits per heavy atom. The standard InChI is InChI=1S/C11H12F3N/c12-9-3-2-8(6-10(9)13)11(14)4-1-5-15-7-11/h2-3,6,15H,1,4-5,7H2. The average Bonchev–Trinajstić information content (AvgIpc) is 2.23. The molecule has 15 heavy (non-hydrogen) atoms. The lowest BCUT2D eigenvalue weighted by atomic mass is 9.88. The van der Waals surface area contributed by atoms with Gasteiger partial charge in [-0.15, -0.1) is 0 Å². The second-order valence-electron chi connectivity index (χ2n) is 3.87. The van der Waals surface area contributed by atoms with E-state index in [1.807, 2.05) is 0 Å². The third kappa shape index (κ3) is 2.00. The van der Waals surface area contributed by atoms with Crippen molar-refractivity contribution in [2.45, 2.75) is 18.5 Å². The lowest BCUT2D eigenvalue weighted by Gasteiger charge is -2.30. The molecule has 1 unspecified atom stereocenters. The fourth-order valence-corrected chi connectivity index (χ4v) is 1.89. The van der Waals surface area contributed by atoms with E-state index in [2.05, 4.69) is 5.32 Å². The molecule has 0 aromatic heterocycles. The van der Waals surface area contributed by atoms with Crippen molar-refractivity contribution in [3.05, 3.63) is 35.4 Å². The van der Waals surface area contributed by atoms with Gasteiger partial charge in [-0.05, 0) is 37.1 Å². The molecule has 1 nitrogen and oxygen atoms in total. The fourth-order valence-electron chi connectivity index (χ4n) is 1.89. The van der Waals surface area contributed by atoms with Crippen molar-refractivity contribution in [3.8, 4) is 0 Å². The highest BCUT2D eigenvalue weighted by Crippen LogP contribution is 2.33. The molecule has 1 atom stereocenters. The predicted molar refractivity (Wildman–Crippen MR) is 51.2 cm³/mol. The Balaban J connectivity index is 2.31. The number of hydrogen-bond acceptors (Lipinski definition) is 1. The first kappa shape index (κ1) is 10.5. The molecular weight excluding hydrogens is 203 g/mol. The highest BCUT2D eigenvalue weighted by atomic mass is 19.2. The summed E-state index contributed by atoms with van der Waals surface area (Å²) in [6.07, 6.45) is 1.06. The topological polar surface area (TPSA) is 12.0 Å². The van der Waals surface area contributed by atoms with E-state index >= 15 is 0 Å². The summed E-state index contributed by atoms with van der Waals surface area (Å²) in [5.74, 6) is -1.93. The molecule has 1 aromatic rings. The summed E-state index contributed by atoms with van der Waals surface area (Å²) < 4.78 is 39.9. The first-order chi connectivity index (χ1) is 7.12. The van der Waals surface area contributed by atoms with Crippen molar-refractivity contribution in [1.82, 2.24) is 5.32 Å². The zero-order valence-corrected chi connectivity index (χ0v) is 8.19. The SMILES string of the molecule is Fc1ccc(C2(F)CCCNC2)cc1F. The Labute approximate surface area is 86.3 Å². The van der Waals surface area contributed by atoms with Gasteiger partial charge < -0.3 is 5.32 Å². The van der Waals surface area contributed by atoms with Crippen molar-refractivity contribution < 1.29 is 13.2 Å². The molecule has 0 bridgehead atoms. The van der Waals surface area contributed by atoms with E-state index in [-0.39, 0.29) is 12.1 Å². The van der Waals surface area contributed by atoms with Crippen LogP contribution in [-0.2, 0) is 5.67 Å². The number of alkyl halides is 1. The number of hydrogen-bond donors (Lipinski definition) is 1. The van der Waals surface area contributed by atoms with E-state index in [9.17, 15) is 13.2 Å². The number of benzene rings is 1. The number of rotatable bonds is 1. The Kier molecular flexibility index (Phi) is 2.69. The first-order valence-electron chi connectivity index (χ1n) is 4.97. The van der Waals surface area contributed by atoms with Crippen LogP contribution in [0.25, 0.3) is 0 Å². The van der Waals surface area contributed by atoms with Crippen LogP contribution in [-0.4, -0.2) is 13.1 Å². The highest BCUT2D eigenvalue weighted by Gasteiger charge is 2.34. The van der Waals surface area contributed by atoms with Crippen LogP contribution in [0.15, 0.2) is 18.2 Å².